The van der Waals surface area contributed by atoms with E-state index in [1.54, 1.807) is 21.3 Å². The molecule has 0 saturated carbocycles. The van der Waals surface area contributed by atoms with Crippen LogP contribution in [0.3, 0.4) is 0 Å². The molecule has 0 spiro atoms. The highest BCUT2D eigenvalue weighted by Gasteiger charge is 2.17. The lowest BCUT2D eigenvalue weighted by Crippen LogP contribution is -2.15. The van der Waals surface area contributed by atoms with Crippen molar-refractivity contribution in [1.29, 1.82) is 0 Å². The lowest BCUT2D eigenvalue weighted by atomic mass is 10.1. The Balaban J connectivity index is 1.34. The topological polar surface area (TPSA) is 102 Å². The number of fused-ring (bicyclic) bond motifs is 2. The predicted molar refractivity (Wildman–Crippen MR) is 127 cm³/mol. The van der Waals surface area contributed by atoms with E-state index in [0.29, 0.717) is 28.5 Å². The highest BCUT2D eigenvalue weighted by Crippen LogP contribution is 2.24. The number of anilines is 1. The fourth-order valence-corrected chi connectivity index (χ4v) is 3.95. The molecule has 1 N–H and O–H groups in total. The number of aromatic nitrogens is 7. The molecule has 6 aromatic rings. The van der Waals surface area contributed by atoms with Crippen LogP contribution in [0.1, 0.15) is 16.2 Å². The Morgan fingerprint density at radius 1 is 0.912 bits per heavy atom. The summed E-state index contributed by atoms with van der Waals surface area (Å²) >= 11 is 0. The van der Waals surface area contributed by atoms with Gasteiger partial charge in [-0.05, 0) is 55.5 Å². The first-order valence-corrected chi connectivity index (χ1v) is 10.7. The zero-order chi connectivity index (χ0) is 23.1. The number of pyridine rings is 2. The molecule has 0 fully saturated rings. The highest BCUT2D eigenvalue weighted by atomic mass is 16.2. The second kappa shape index (κ2) is 7.89. The number of hydrogen-bond donors (Lipinski definition) is 1. The quantitative estimate of drug-likeness (QED) is 0.438. The van der Waals surface area contributed by atoms with Crippen molar-refractivity contribution in [2.75, 3.05) is 5.32 Å². The molecule has 0 unspecified atom stereocenters. The summed E-state index contributed by atoms with van der Waals surface area (Å²) in [7, 11) is 0. The Labute approximate surface area is 193 Å². The van der Waals surface area contributed by atoms with Gasteiger partial charge in [0, 0.05) is 35.4 Å². The number of hydrogen-bond acceptors (Lipinski definition) is 6. The Morgan fingerprint density at radius 2 is 1.82 bits per heavy atom. The Morgan fingerprint density at radius 3 is 2.71 bits per heavy atom. The normalized spacial score (nSPS) is 11.2. The number of nitrogens with zero attached hydrogens (tertiary/aromatic N) is 7. The van der Waals surface area contributed by atoms with Crippen LogP contribution in [-0.2, 0) is 0 Å². The maximum Gasteiger partial charge on any atom is 0.274 e. The standard InChI is InChI=1S/C25H18N8O/c1-16-23(32-13-3-2-9-21(32)27-16)25(34)28-19-8-4-6-17(14-19)20-10-11-22-29-30-24(33(22)31-20)18-7-5-12-26-15-18/h2-15H,1H3,(H,28,34). The average Bonchev–Trinajstić information content (AvgIpc) is 3.44. The van der Waals surface area contributed by atoms with E-state index in [9.17, 15) is 4.79 Å². The molecular formula is C25H18N8O. The van der Waals surface area contributed by atoms with Crippen LogP contribution < -0.4 is 5.32 Å². The smallest absolute Gasteiger partial charge is 0.274 e. The van der Waals surface area contributed by atoms with Crippen molar-refractivity contribution in [3.8, 4) is 22.6 Å². The van der Waals surface area contributed by atoms with Gasteiger partial charge in [0.2, 0.25) is 0 Å². The molecule has 0 aliphatic rings. The number of benzene rings is 1. The first kappa shape index (κ1) is 19.7. The summed E-state index contributed by atoms with van der Waals surface area (Å²) in [4.78, 5) is 21.7. The van der Waals surface area contributed by atoms with Gasteiger partial charge in [-0.15, -0.1) is 10.2 Å². The summed E-state index contributed by atoms with van der Waals surface area (Å²) < 4.78 is 3.48. The number of nitrogens with one attached hydrogen (secondary N) is 1. The Bertz CT molecular complexity index is 1670. The predicted octanol–water partition coefficient (Wildman–Crippen LogP) is 4.06. The molecule has 5 aromatic heterocycles. The third kappa shape index (κ3) is 3.36. The first-order valence-electron chi connectivity index (χ1n) is 10.7. The minimum atomic E-state index is -0.227. The van der Waals surface area contributed by atoms with Crippen molar-refractivity contribution < 1.29 is 4.79 Å². The summed E-state index contributed by atoms with van der Waals surface area (Å²) in [6.45, 7) is 1.83. The van der Waals surface area contributed by atoms with Gasteiger partial charge in [-0.2, -0.15) is 9.61 Å². The molecule has 1 amide bonds. The van der Waals surface area contributed by atoms with Crippen LogP contribution in [0.4, 0.5) is 5.69 Å². The summed E-state index contributed by atoms with van der Waals surface area (Å²) in [5.74, 6) is 0.381. The van der Waals surface area contributed by atoms with Crippen LogP contribution in [0.25, 0.3) is 33.9 Å². The molecule has 0 atom stereocenters. The van der Waals surface area contributed by atoms with E-state index in [0.717, 1.165) is 22.5 Å². The van der Waals surface area contributed by atoms with Crippen molar-refractivity contribution in [2.45, 2.75) is 6.92 Å². The maximum atomic E-state index is 13.1. The van der Waals surface area contributed by atoms with Crippen molar-refractivity contribution in [3.63, 3.8) is 0 Å². The molecule has 9 heteroatoms. The zero-order valence-corrected chi connectivity index (χ0v) is 18.1. The van der Waals surface area contributed by atoms with Gasteiger partial charge < -0.3 is 5.32 Å². The molecule has 0 aliphatic heterocycles. The third-order valence-electron chi connectivity index (χ3n) is 5.52. The van der Waals surface area contributed by atoms with Gasteiger partial charge in [-0.3, -0.25) is 14.2 Å². The van der Waals surface area contributed by atoms with E-state index in [-0.39, 0.29) is 5.91 Å². The number of amides is 1. The SMILES string of the molecule is Cc1nc2ccccn2c1C(=O)Nc1cccc(-c2ccc3nnc(-c4cccnc4)n3n2)c1. The number of carbonyl (C=O) groups is 1. The fourth-order valence-electron chi connectivity index (χ4n) is 3.95. The Kier molecular flexibility index (Phi) is 4.58. The van der Waals surface area contributed by atoms with E-state index in [1.165, 1.54) is 0 Å². The highest BCUT2D eigenvalue weighted by molar-refractivity contribution is 6.04. The van der Waals surface area contributed by atoms with Crippen molar-refractivity contribution in [1.82, 2.24) is 34.2 Å². The number of rotatable bonds is 4. The van der Waals surface area contributed by atoms with Crippen LogP contribution in [0.5, 0.6) is 0 Å². The van der Waals surface area contributed by atoms with Crippen molar-refractivity contribution in [2.24, 2.45) is 0 Å². The molecule has 6 rings (SSSR count). The van der Waals surface area contributed by atoms with Crippen LogP contribution in [-0.4, -0.2) is 40.1 Å². The molecule has 0 radical (unpaired) electrons. The molecule has 164 valence electrons. The summed E-state index contributed by atoms with van der Waals surface area (Å²) in [6, 6.07) is 20.7. The van der Waals surface area contributed by atoms with Gasteiger partial charge in [0.15, 0.2) is 11.5 Å². The van der Waals surface area contributed by atoms with E-state index >= 15 is 0 Å². The monoisotopic (exact) mass is 446 g/mol. The lowest BCUT2D eigenvalue weighted by Gasteiger charge is -2.08. The molecule has 5 heterocycles. The second-order valence-corrected chi connectivity index (χ2v) is 7.76. The summed E-state index contributed by atoms with van der Waals surface area (Å²) in [5.41, 5.74) is 5.59. The van der Waals surface area contributed by atoms with Crippen LogP contribution in [0, 0.1) is 6.92 Å². The molecule has 1 aromatic carbocycles. The van der Waals surface area contributed by atoms with Gasteiger partial charge in [0.05, 0.1) is 11.4 Å². The average molecular weight is 446 g/mol. The molecular weight excluding hydrogens is 428 g/mol. The molecule has 0 bridgehead atoms. The van der Waals surface area contributed by atoms with E-state index in [2.05, 4.69) is 25.5 Å². The Hall–Kier alpha value is -4.92. The maximum absolute atomic E-state index is 13.1. The summed E-state index contributed by atoms with van der Waals surface area (Å²) in [6.07, 6.45) is 5.27. The zero-order valence-electron chi connectivity index (χ0n) is 18.1. The van der Waals surface area contributed by atoms with E-state index < -0.39 is 0 Å². The molecule has 0 aliphatic carbocycles. The number of carbonyl (C=O) groups excluding carboxylic acids is 1. The van der Waals surface area contributed by atoms with Crippen molar-refractivity contribution >= 4 is 22.9 Å². The van der Waals surface area contributed by atoms with Crippen LogP contribution >= 0.6 is 0 Å². The molecule has 34 heavy (non-hydrogen) atoms. The van der Waals surface area contributed by atoms with Gasteiger partial charge in [-0.25, -0.2) is 4.98 Å². The van der Waals surface area contributed by atoms with Crippen LogP contribution in [0.2, 0.25) is 0 Å². The van der Waals surface area contributed by atoms with Gasteiger partial charge in [0.1, 0.15) is 11.3 Å². The molecule has 0 saturated heterocycles. The largest absolute Gasteiger partial charge is 0.321 e. The van der Waals surface area contributed by atoms with Gasteiger partial charge in [-0.1, -0.05) is 18.2 Å². The van der Waals surface area contributed by atoms with Crippen molar-refractivity contribution in [3.05, 3.63) is 96.7 Å². The van der Waals surface area contributed by atoms with E-state index in [1.807, 2.05) is 79.9 Å². The van der Waals surface area contributed by atoms with Crippen LogP contribution in [0.15, 0.2) is 85.3 Å². The minimum Gasteiger partial charge on any atom is -0.321 e. The van der Waals surface area contributed by atoms with Gasteiger partial charge in [0.25, 0.3) is 5.91 Å². The lowest BCUT2D eigenvalue weighted by molar-refractivity contribution is 0.102. The summed E-state index contributed by atoms with van der Waals surface area (Å²) in [5, 5.41) is 16.2. The number of imidazole rings is 1. The first-order chi connectivity index (χ1) is 16.7. The van der Waals surface area contributed by atoms with E-state index in [4.69, 9.17) is 5.10 Å². The van der Waals surface area contributed by atoms with Gasteiger partial charge >= 0.3 is 0 Å². The second-order valence-electron chi connectivity index (χ2n) is 7.76. The molecule has 9 nitrogen and oxygen atoms in total. The third-order valence-corrected chi connectivity index (χ3v) is 5.52. The number of aryl methyl sites for hydroxylation is 1. The minimum absolute atomic E-state index is 0.227. The fraction of sp³-hybridized carbons (Fsp3) is 0.0400.